The van der Waals surface area contributed by atoms with Gasteiger partial charge in [0.15, 0.2) is 0 Å². The van der Waals surface area contributed by atoms with Gasteiger partial charge in [0.25, 0.3) is 5.91 Å². The Labute approximate surface area is 186 Å². The van der Waals surface area contributed by atoms with E-state index in [0.717, 1.165) is 11.6 Å². The van der Waals surface area contributed by atoms with E-state index in [0.29, 0.717) is 29.5 Å². The van der Waals surface area contributed by atoms with Gasteiger partial charge in [-0.2, -0.15) is 0 Å². The smallest absolute Gasteiger partial charge is 0.298 e. The molecule has 0 spiro atoms. The third-order valence-corrected chi connectivity index (χ3v) is 6.66. The predicted molar refractivity (Wildman–Crippen MR) is 122 cm³/mol. The van der Waals surface area contributed by atoms with Crippen LogP contribution in [0.2, 0.25) is 19.6 Å². The molecule has 2 aromatic carbocycles. The lowest BCUT2D eigenvalue weighted by atomic mass is 9.87. The van der Waals surface area contributed by atoms with E-state index in [2.05, 4.69) is 36.1 Å². The lowest BCUT2D eigenvalue weighted by Gasteiger charge is -2.41. The first-order valence-electron chi connectivity index (χ1n) is 10.7. The Morgan fingerprint density at radius 1 is 1.12 bits per heavy atom. The number of rotatable bonds is 2. The zero-order chi connectivity index (χ0) is 23.2. The monoisotopic (exact) mass is 454 g/mol. The van der Waals surface area contributed by atoms with Crippen LogP contribution >= 0.6 is 0 Å². The van der Waals surface area contributed by atoms with Crippen molar-refractivity contribution in [3.8, 4) is 11.5 Å². The van der Waals surface area contributed by atoms with E-state index >= 15 is 0 Å². The minimum atomic E-state index is -1.79. The highest BCUT2D eigenvalue weighted by Crippen LogP contribution is 2.42. The van der Waals surface area contributed by atoms with E-state index < -0.39 is 31.6 Å². The number of carbonyl (C=O) groups excluding carboxylic acids is 1. The Hall–Kier alpha value is -2.98. The number of amides is 1. The highest BCUT2D eigenvalue weighted by Gasteiger charge is 2.39. The molecule has 2 atom stereocenters. The maximum Gasteiger partial charge on any atom is 0.298 e. The normalized spacial score (nSPS) is 18.3. The standard InChI is InChI=1S/C25H25F3N2OSi/c1-5-18-14-20-19-12-17(27)13-21(28)23(19)29-24(20)25(15-6-8-16(26)9-7-15)30(18)22(31)10-11-32(2,3)4/h6-9,12-13,18,25,29H,5,14H2,1-4H3/t18-,25-/m0/s1. The van der Waals surface area contributed by atoms with Crippen molar-refractivity contribution < 1.29 is 18.0 Å². The lowest BCUT2D eigenvalue weighted by molar-refractivity contribution is -0.130. The maximum absolute atomic E-state index is 14.6. The van der Waals surface area contributed by atoms with E-state index in [1.165, 1.54) is 18.2 Å². The summed E-state index contributed by atoms with van der Waals surface area (Å²) >= 11 is 0. The Balaban J connectivity index is 1.95. The molecule has 0 saturated heterocycles. The minimum absolute atomic E-state index is 0.209. The Morgan fingerprint density at radius 2 is 1.81 bits per heavy atom. The van der Waals surface area contributed by atoms with Crippen LogP contribution in [0.15, 0.2) is 36.4 Å². The second-order valence-corrected chi connectivity index (χ2v) is 14.0. The van der Waals surface area contributed by atoms with Gasteiger partial charge in [0.2, 0.25) is 0 Å². The summed E-state index contributed by atoms with van der Waals surface area (Å²) in [5, 5.41) is 0.475. The van der Waals surface area contributed by atoms with E-state index in [4.69, 9.17) is 0 Å². The Morgan fingerprint density at radius 3 is 2.44 bits per heavy atom. The van der Waals surface area contributed by atoms with Crippen LogP contribution in [0.4, 0.5) is 13.2 Å². The maximum atomic E-state index is 14.6. The molecule has 1 aromatic heterocycles. The summed E-state index contributed by atoms with van der Waals surface area (Å²) in [4.78, 5) is 18.2. The summed E-state index contributed by atoms with van der Waals surface area (Å²) in [6.07, 6.45) is 1.09. The van der Waals surface area contributed by atoms with Gasteiger partial charge in [-0.25, -0.2) is 13.2 Å². The van der Waals surface area contributed by atoms with Crippen molar-refractivity contribution in [2.24, 2.45) is 0 Å². The number of benzene rings is 2. The predicted octanol–water partition coefficient (Wildman–Crippen LogP) is 5.72. The molecule has 1 N–H and O–H groups in total. The van der Waals surface area contributed by atoms with E-state index in [1.54, 1.807) is 17.0 Å². The second-order valence-electron chi connectivity index (χ2n) is 9.26. The number of fused-ring (bicyclic) bond motifs is 3. The first-order chi connectivity index (χ1) is 15.1. The second kappa shape index (κ2) is 8.17. The third kappa shape index (κ3) is 4.07. The van der Waals surface area contributed by atoms with Crippen LogP contribution in [-0.2, 0) is 11.2 Å². The van der Waals surface area contributed by atoms with Gasteiger partial charge in [0.05, 0.1) is 11.6 Å². The number of aromatic nitrogens is 1. The molecule has 0 saturated carbocycles. The average Bonchev–Trinajstić information content (AvgIpc) is 3.09. The number of hydrogen-bond acceptors (Lipinski definition) is 1. The Bertz CT molecular complexity index is 1250. The fraction of sp³-hybridized carbons (Fsp3) is 0.320. The summed E-state index contributed by atoms with van der Waals surface area (Å²) in [7, 11) is -1.79. The molecule has 3 aromatic rings. The number of carbonyl (C=O) groups is 1. The van der Waals surface area contributed by atoms with Crippen molar-refractivity contribution in [3.63, 3.8) is 0 Å². The van der Waals surface area contributed by atoms with Crippen LogP contribution in [0.5, 0.6) is 0 Å². The zero-order valence-electron chi connectivity index (χ0n) is 18.5. The van der Waals surface area contributed by atoms with Crippen molar-refractivity contribution in [2.45, 2.75) is 51.5 Å². The number of nitrogens with zero attached hydrogens (tertiary/aromatic N) is 1. The van der Waals surface area contributed by atoms with E-state index in [1.807, 2.05) is 6.92 Å². The summed E-state index contributed by atoms with van der Waals surface area (Å²) < 4.78 is 42.3. The van der Waals surface area contributed by atoms with Crippen LogP contribution in [0.3, 0.4) is 0 Å². The fourth-order valence-corrected chi connectivity index (χ4v) is 4.81. The molecule has 1 amide bonds. The number of hydrogen-bond donors (Lipinski definition) is 1. The molecule has 0 unspecified atom stereocenters. The average molecular weight is 455 g/mol. The van der Waals surface area contributed by atoms with Crippen molar-refractivity contribution in [1.29, 1.82) is 0 Å². The topological polar surface area (TPSA) is 36.1 Å². The quantitative estimate of drug-likeness (QED) is 0.390. The van der Waals surface area contributed by atoms with Gasteiger partial charge in [-0.1, -0.05) is 38.7 Å². The van der Waals surface area contributed by atoms with E-state index in [-0.39, 0.29) is 17.5 Å². The lowest BCUT2D eigenvalue weighted by Crippen LogP contribution is -2.47. The summed E-state index contributed by atoms with van der Waals surface area (Å²) in [6.45, 7) is 8.15. The fourth-order valence-electron chi connectivity index (χ4n) is 4.33. The summed E-state index contributed by atoms with van der Waals surface area (Å²) in [5.74, 6) is 0.790. The molecular weight excluding hydrogens is 429 g/mol. The first kappa shape index (κ1) is 22.2. The van der Waals surface area contributed by atoms with Crippen molar-refractivity contribution in [1.82, 2.24) is 9.88 Å². The number of aromatic amines is 1. The highest BCUT2D eigenvalue weighted by atomic mass is 28.3. The largest absolute Gasteiger partial charge is 0.354 e. The van der Waals surface area contributed by atoms with Crippen molar-refractivity contribution in [2.75, 3.05) is 0 Å². The van der Waals surface area contributed by atoms with Crippen LogP contribution in [-0.4, -0.2) is 29.9 Å². The molecule has 0 fully saturated rings. The molecule has 2 heterocycles. The molecule has 0 radical (unpaired) electrons. The molecule has 1 aliphatic rings. The highest BCUT2D eigenvalue weighted by molar-refractivity contribution is 6.84. The first-order valence-corrected chi connectivity index (χ1v) is 14.2. The molecule has 7 heteroatoms. The number of nitrogens with one attached hydrogen (secondary N) is 1. The SMILES string of the molecule is CC[C@H]1Cc2c([nH]c3c(F)cc(F)cc23)[C@H](c2ccc(F)cc2)N1C(=O)C#C[Si](C)(C)C. The number of halogens is 3. The minimum Gasteiger partial charge on any atom is -0.354 e. The van der Waals surface area contributed by atoms with Crippen molar-refractivity contribution >= 4 is 24.9 Å². The van der Waals surface area contributed by atoms with Crippen LogP contribution in [0.25, 0.3) is 10.9 Å². The van der Waals surface area contributed by atoms with Gasteiger partial charge >= 0.3 is 0 Å². The molecule has 0 bridgehead atoms. The van der Waals surface area contributed by atoms with Gasteiger partial charge in [-0.3, -0.25) is 4.79 Å². The zero-order valence-corrected chi connectivity index (χ0v) is 19.5. The van der Waals surface area contributed by atoms with E-state index in [9.17, 15) is 18.0 Å². The number of H-pyrrole nitrogens is 1. The Kier molecular flexibility index (Phi) is 5.68. The van der Waals surface area contributed by atoms with Gasteiger partial charge in [0, 0.05) is 23.2 Å². The van der Waals surface area contributed by atoms with Crippen LogP contribution in [0, 0.1) is 28.9 Å². The van der Waals surface area contributed by atoms with Gasteiger partial charge in [-0.15, -0.1) is 5.54 Å². The van der Waals surface area contributed by atoms with Crippen molar-refractivity contribution in [3.05, 3.63) is 70.7 Å². The third-order valence-electron chi connectivity index (χ3n) is 5.79. The molecular formula is C25H25F3N2OSi. The molecule has 0 aliphatic carbocycles. The van der Waals surface area contributed by atoms with Crippen LogP contribution < -0.4 is 0 Å². The van der Waals surface area contributed by atoms with Gasteiger partial charge in [-0.05, 0) is 48.1 Å². The molecule has 3 nitrogen and oxygen atoms in total. The summed E-state index contributed by atoms with van der Waals surface area (Å²) in [5.41, 5.74) is 5.41. The molecule has 1 aliphatic heterocycles. The molecule has 4 rings (SSSR count). The van der Waals surface area contributed by atoms with Gasteiger partial charge < -0.3 is 9.88 Å². The van der Waals surface area contributed by atoms with Crippen LogP contribution in [0.1, 0.15) is 36.2 Å². The molecule has 32 heavy (non-hydrogen) atoms. The summed E-state index contributed by atoms with van der Waals surface area (Å²) in [6, 6.07) is 7.26. The molecule has 166 valence electrons. The van der Waals surface area contributed by atoms with Gasteiger partial charge in [0.1, 0.15) is 25.5 Å².